The van der Waals surface area contributed by atoms with Crippen molar-refractivity contribution < 1.29 is 23.0 Å². The Bertz CT molecular complexity index is 927. The van der Waals surface area contributed by atoms with E-state index in [-0.39, 0.29) is 17.1 Å². The zero-order valence-corrected chi connectivity index (χ0v) is 17.4. The molecule has 0 unspecified atom stereocenters. The van der Waals surface area contributed by atoms with Gasteiger partial charge in [0, 0.05) is 43.7 Å². The predicted octanol–water partition coefficient (Wildman–Crippen LogP) is 3.80. The molecule has 1 saturated heterocycles. The number of carbonyl (C=O) groups is 1. The van der Waals surface area contributed by atoms with Gasteiger partial charge in [0.15, 0.2) is 5.75 Å². The summed E-state index contributed by atoms with van der Waals surface area (Å²) in [6, 6.07) is 3.11. The molecule has 0 saturated carbocycles. The first-order valence-electron chi connectivity index (χ1n) is 9.53. The summed E-state index contributed by atoms with van der Waals surface area (Å²) < 4.78 is 38.9. The van der Waals surface area contributed by atoms with Crippen molar-refractivity contribution in [3.63, 3.8) is 0 Å². The zero-order valence-electron chi connectivity index (χ0n) is 17.4. The number of hydrogen-bond donors (Lipinski definition) is 2. The number of aryl methyl sites for hydroxylation is 1. The highest BCUT2D eigenvalue weighted by Gasteiger charge is 2.31. The van der Waals surface area contributed by atoms with E-state index in [4.69, 9.17) is 9.47 Å². The summed E-state index contributed by atoms with van der Waals surface area (Å²) in [4.78, 5) is 23.3. The molecule has 1 fully saturated rings. The lowest BCUT2D eigenvalue weighted by molar-refractivity contribution is -0.114. The molecule has 0 aliphatic carbocycles. The van der Waals surface area contributed by atoms with Gasteiger partial charge in [0.05, 0.1) is 25.1 Å². The van der Waals surface area contributed by atoms with E-state index >= 15 is 0 Å². The Morgan fingerprint density at radius 1 is 1.33 bits per heavy atom. The van der Waals surface area contributed by atoms with Crippen LogP contribution in [0.2, 0.25) is 0 Å². The van der Waals surface area contributed by atoms with Gasteiger partial charge in [-0.15, -0.1) is 0 Å². The highest BCUT2D eigenvalue weighted by Crippen LogP contribution is 2.34. The van der Waals surface area contributed by atoms with Crippen molar-refractivity contribution in [2.75, 3.05) is 30.5 Å². The smallest absolute Gasteiger partial charge is 0.303 e. The minimum absolute atomic E-state index is 0.128. The van der Waals surface area contributed by atoms with E-state index in [0.717, 1.165) is 13.3 Å². The summed E-state index contributed by atoms with van der Waals surface area (Å²) in [5, 5.41) is 5.59. The second kappa shape index (κ2) is 8.47. The van der Waals surface area contributed by atoms with Crippen LogP contribution >= 0.6 is 0 Å². The highest BCUT2D eigenvalue weighted by atomic mass is 19.3. The molecule has 2 aromatic rings. The second-order valence-corrected chi connectivity index (χ2v) is 7.88. The number of nitrogens with zero attached hydrogens (tertiary/aromatic N) is 3. The van der Waals surface area contributed by atoms with E-state index in [1.165, 1.54) is 13.1 Å². The quantitative estimate of drug-likeness (QED) is 0.702. The van der Waals surface area contributed by atoms with Crippen LogP contribution in [0.3, 0.4) is 0 Å². The molecule has 3 heterocycles. The number of rotatable bonds is 7. The molecule has 0 radical (unpaired) electrons. The molecular formula is C20H25F2N5O3. The van der Waals surface area contributed by atoms with Crippen LogP contribution in [0.4, 0.5) is 26.1 Å². The SMILES string of the molecule is CC(=O)Nc1cc(Nc2cc(C)nc(C(C)(F)F)n2)c(OC[C@@]2(C)CCOC2)cn1. The summed E-state index contributed by atoms with van der Waals surface area (Å²) in [5.41, 5.74) is 0.689. The molecule has 0 spiro atoms. The third-order valence-corrected chi connectivity index (χ3v) is 4.56. The average molecular weight is 421 g/mol. The molecule has 30 heavy (non-hydrogen) atoms. The Morgan fingerprint density at radius 3 is 2.73 bits per heavy atom. The van der Waals surface area contributed by atoms with Crippen molar-refractivity contribution in [3.8, 4) is 5.75 Å². The van der Waals surface area contributed by atoms with Crippen molar-refractivity contribution in [1.29, 1.82) is 0 Å². The number of alkyl halides is 2. The van der Waals surface area contributed by atoms with Gasteiger partial charge >= 0.3 is 5.92 Å². The molecule has 3 rings (SSSR count). The number of anilines is 3. The predicted molar refractivity (Wildman–Crippen MR) is 107 cm³/mol. The molecular weight excluding hydrogens is 396 g/mol. The standard InChI is InChI=1S/C20H25F2N5O3/c1-12-7-17(27-18(24-12)20(4,21)22)26-14-8-16(25-13(2)28)23-9-15(14)30-11-19(3)5-6-29-10-19/h7-9H,5-6,10-11H2,1-4H3,(H2,23,24,25,26,27,28)/t19-/m0/s1. The van der Waals surface area contributed by atoms with E-state index < -0.39 is 11.7 Å². The lowest BCUT2D eigenvalue weighted by Gasteiger charge is -2.23. The molecule has 0 bridgehead atoms. The summed E-state index contributed by atoms with van der Waals surface area (Å²) in [7, 11) is 0. The number of pyridine rings is 1. The molecule has 1 amide bonds. The van der Waals surface area contributed by atoms with Crippen LogP contribution in [0.1, 0.15) is 38.7 Å². The Balaban J connectivity index is 1.90. The monoisotopic (exact) mass is 421 g/mol. The maximum absolute atomic E-state index is 13.7. The lowest BCUT2D eigenvalue weighted by Crippen LogP contribution is -2.25. The number of carbonyl (C=O) groups excluding carboxylic acids is 1. The van der Waals surface area contributed by atoms with Crippen LogP contribution in [0.15, 0.2) is 18.3 Å². The number of nitrogens with one attached hydrogen (secondary N) is 2. The fourth-order valence-electron chi connectivity index (χ4n) is 2.95. The largest absolute Gasteiger partial charge is 0.489 e. The van der Waals surface area contributed by atoms with E-state index in [9.17, 15) is 13.6 Å². The molecule has 2 N–H and O–H groups in total. The first kappa shape index (κ1) is 21.8. The first-order valence-corrected chi connectivity index (χ1v) is 9.53. The zero-order chi connectivity index (χ0) is 21.9. The Morgan fingerprint density at radius 2 is 2.10 bits per heavy atom. The van der Waals surface area contributed by atoms with Crippen LogP contribution in [0.5, 0.6) is 5.75 Å². The average Bonchev–Trinajstić information content (AvgIpc) is 3.06. The maximum Gasteiger partial charge on any atom is 0.303 e. The van der Waals surface area contributed by atoms with Crippen LogP contribution in [-0.2, 0) is 15.5 Å². The molecule has 1 aliphatic heterocycles. The van der Waals surface area contributed by atoms with E-state index in [1.54, 1.807) is 19.1 Å². The van der Waals surface area contributed by atoms with Crippen molar-refractivity contribution in [2.45, 2.75) is 40.0 Å². The number of ether oxygens (including phenoxy) is 2. The highest BCUT2D eigenvalue weighted by molar-refractivity contribution is 5.88. The molecule has 2 aromatic heterocycles. The Hall–Kier alpha value is -2.88. The van der Waals surface area contributed by atoms with Gasteiger partial charge in [-0.05, 0) is 13.3 Å². The van der Waals surface area contributed by atoms with Gasteiger partial charge in [0.25, 0.3) is 0 Å². The van der Waals surface area contributed by atoms with Gasteiger partial charge < -0.3 is 20.1 Å². The van der Waals surface area contributed by atoms with Crippen molar-refractivity contribution in [1.82, 2.24) is 15.0 Å². The Kier molecular flexibility index (Phi) is 6.16. The minimum atomic E-state index is -3.18. The number of halogens is 2. The topological polar surface area (TPSA) is 98.3 Å². The lowest BCUT2D eigenvalue weighted by atomic mass is 9.91. The van der Waals surface area contributed by atoms with Crippen LogP contribution in [-0.4, -0.2) is 40.7 Å². The fraction of sp³-hybridized carbons (Fsp3) is 0.500. The van der Waals surface area contributed by atoms with Crippen molar-refractivity contribution in [2.24, 2.45) is 5.41 Å². The molecule has 8 nitrogen and oxygen atoms in total. The maximum atomic E-state index is 13.7. The van der Waals surface area contributed by atoms with Crippen molar-refractivity contribution in [3.05, 3.63) is 29.8 Å². The molecule has 10 heteroatoms. The molecule has 1 atom stereocenters. The third kappa shape index (κ3) is 5.59. The van der Waals surface area contributed by atoms with E-state index in [1.807, 2.05) is 0 Å². The summed E-state index contributed by atoms with van der Waals surface area (Å²) >= 11 is 0. The van der Waals surface area contributed by atoms with E-state index in [2.05, 4.69) is 32.5 Å². The van der Waals surface area contributed by atoms with Crippen LogP contribution in [0, 0.1) is 12.3 Å². The summed E-state index contributed by atoms with van der Waals surface area (Å²) in [5.74, 6) is -3.18. The van der Waals surface area contributed by atoms with Gasteiger partial charge in [0.2, 0.25) is 11.7 Å². The van der Waals surface area contributed by atoms with E-state index in [0.29, 0.717) is 42.8 Å². The van der Waals surface area contributed by atoms with Gasteiger partial charge in [-0.25, -0.2) is 15.0 Å². The summed E-state index contributed by atoms with van der Waals surface area (Å²) in [6.07, 6.45) is 2.34. The van der Waals surface area contributed by atoms with Crippen LogP contribution < -0.4 is 15.4 Å². The fourth-order valence-corrected chi connectivity index (χ4v) is 2.95. The molecule has 162 valence electrons. The van der Waals surface area contributed by atoms with Crippen molar-refractivity contribution >= 4 is 23.2 Å². The minimum Gasteiger partial charge on any atom is -0.489 e. The normalized spacial score (nSPS) is 18.9. The third-order valence-electron chi connectivity index (χ3n) is 4.56. The molecule has 1 aliphatic rings. The summed E-state index contributed by atoms with van der Waals surface area (Å²) in [6.45, 7) is 7.44. The first-order chi connectivity index (χ1) is 14.0. The Labute approximate surface area is 173 Å². The number of amides is 1. The van der Waals surface area contributed by atoms with Gasteiger partial charge in [0.1, 0.15) is 11.6 Å². The van der Waals surface area contributed by atoms with Crippen LogP contribution in [0.25, 0.3) is 0 Å². The van der Waals surface area contributed by atoms with Gasteiger partial charge in [-0.3, -0.25) is 4.79 Å². The second-order valence-electron chi connectivity index (χ2n) is 7.88. The van der Waals surface area contributed by atoms with Gasteiger partial charge in [-0.2, -0.15) is 8.78 Å². The number of aromatic nitrogens is 3. The number of hydrogen-bond acceptors (Lipinski definition) is 7. The molecule has 0 aromatic carbocycles. The van der Waals surface area contributed by atoms with Gasteiger partial charge in [-0.1, -0.05) is 6.92 Å².